The Bertz CT molecular complexity index is 315. The van der Waals surface area contributed by atoms with E-state index < -0.39 is 0 Å². The number of hydrogen-bond acceptors (Lipinski definition) is 4. The van der Waals surface area contributed by atoms with E-state index >= 15 is 0 Å². The van der Waals surface area contributed by atoms with Gasteiger partial charge in [-0.15, -0.1) is 0 Å². The molecule has 1 unspecified atom stereocenters. The van der Waals surface area contributed by atoms with Gasteiger partial charge in [0.25, 0.3) is 0 Å². The van der Waals surface area contributed by atoms with Crippen molar-refractivity contribution in [2.24, 2.45) is 5.73 Å². The van der Waals surface area contributed by atoms with Gasteiger partial charge >= 0.3 is 0 Å². The highest BCUT2D eigenvalue weighted by Crippen LogP contribution is 2.09. The average Bonchev–Trinajstić information content (AvgIpc) is 2.26. The number of nitrogens with one attached hydrogen (secondary N) is 1. The summed E-state index contributed by atoms with van der Waals surface area (Å²) in [5.74, 6) is 0.869. The van der Waals surface area contributed by atoms with Crippen molar-refractivity contribution in [3.63, 3.8) is 0 Å². The van der Waals surface area contributed by atoms with E-state index in [1.807, 2.05) is 26.0 Å². The number of methoxy groups -OCH3 is 1. The van der Waals surface area contributed by atoms with Gasteiger partial charge in [0, 0.05) is 25.9 Å². The quantitative estimate of drug-likeness (QED) is 0.767. The van der Waals surface area contributed by atoms with Crippen LogP contribution in [0.1, 0.15) is 18.2 Å². The average molecular weight is 209 g/mol. The Balaban J connectivity index is 2.59. The molecule has 0 amide bonds. The number of nitrogens with zero attached hydrogens (tertiary/aromatic N) is 1. The van der Waals surface area contributed by atoms with Crippen molar-refractivity contribution in [2.45, 2.75) is 26.5 Å². The fourth-order valence-electron chi connectivity index (χ4n) is 1.24. The van der Waals surface area contributed by atoms with E-state index in [9.17, 15) is 0 Å². The zero-order valence-electron chi connectivity index (χ0n) is 9.58. The van der Waals surface area contributed by atoms with Crippen molar-refractivity contribution in [1.82, 2.24) is 4.98 Å². The summed E-state index contributed by atoms with van der Waals surface area (Å²) in [6, 6.07) is 3.94. The van der Waals surface area contributed by atoms with Gasteiger partial charge in [0.05, 0.1) is 6.10 Å². The monoisotopic (exact) mass is 209 g/mol. The third-order valence-corrected chi connectivity index (χ3v) is 2.39. The number of aryl methyl sites for hydroxylation is 1. The van der Waals surface area contributed by atoms with Crippen LogP contribution >= 0.6 is 0 Å². The maximum absolute atomic E-state index is 5.56. The van der Waals surface area contributed by atoms with Crippen LogP contribution < -0.4 is 11.1 Å². The molecule has 1 heterocycles. The molecule has 0 aliphatic rings. The van der Waals surface area contributed by atoms with Gasteiger partial charge in [0.2, 0.25) is 0 Å². The zero-order chi connectivity index (χ0) is 11.3. The summed E-state index contributed by atoms with van der Waals surface area (Å²) in [6.07, 6.45) is 0.182. The molecule has 1 rings (SSSR count). The van der Waals surface area contributed by atoms with Gasteiger partial charge in [-0.25, -0.2) is 4.98 Å². The van der Waals surface area contributed by atoms with Crippen molar-refractivity contribution >= 4 is 5.82 Å². The van der Waals surface area contributed by atoms with E-state index in [1.165, 1.54) is 0 Å². The van der Waals surface area contributed by atoms with Gasteiger partial charge in [-0.2, -0.15) is 0 Å². The predicted octanol–water partition coefficient (Wildman–Crippen LogP) is 1.30. The van der Waals surface area contributed by atoms with E-state index in [0.29, 0.717) is 6.54 Å². The molecule has 4 nitrogen and oxygen atoms in total. The van der Waals surface area contributed by atoms with Crippen LogP contribution in [-0.4, -0.2) is 24.7 Å². The fraction of sp³-hybridized carbons (Fsp3) is 0.545. The Morgan fingerprint density at radius 1 is 1.53 bits per heavy atom. The zero-order valence-corrected chi connectivity index (χ0v) is 9.58. The van der Waals surface area contributed by atoms with Crippen LogP contribution in [0, 0.1) is 6.92 Å². The van der Waals surface area contributed by atoms with E-state index in [-0.39, 0.29) is 6.10 Å². The molecule has 0 aliphatic carbocycles. The van der Waals surface area contributed by atoms with Crippen LogP contribution in [-0.2, 0) is 11.3 Å². The molecular weight excluding hydrogens is 190 g/mol. The maximum atomic E-state index is 5.56. The predicted molar refractivity (Wildman–Crippen MR) is 61.8 cm³/mol. The lowest BCUT2D eigenvalue weighted by Gasteiger charge is -2.12. The Labute approximate surface area is 90.8 Å². The number of rotatable bonds is 5. The molecule has 0 radical (unpaired) electrons. The second-order valence-corrected chi connectivity index (χ2v) is 3.57. The van der Waals surface area contributed by atoms with Crippen LogP contribution in [0.4, 0.5) is 5.82 Å². The van der Waals surface area contributed by atoms with E-state index in [2.05, 4.69) is 10.3 Å². The van der Waals surface area contributed by atoms with Gasteiger partial charge in [-0.05, 0) is 25.5 Å². The van der Waals surface area contributed by atoms with Gasteiger partial charge in [0.15, 0.2) is 0 Å². The Morgan fingerprint density at radius 2 is 2.27 bits per heavy atom. The van der Waals surface area contributed by atoms with Crippen molar-refractivity contribution < 1.29 is 4.74 Å². The number of hydrogen-bond donors (Lipinski definition) is 2. The van der Waals surface area contributed by atoms with Crippen LogP contribution in [0.25, 0.3) is 0 Å². The highest BCUT2D eigenvalue weighted by molar-refractivity contribution is 5.38. The number of ether oxygens (including phenoxy) is 1. The summed E-state index contributed by atoms with van der Waals surface area (Å²) >= 11 is 0. The van der Waals surface area contributed by atoms with Crippen LogP contribution in [0.2, 0.25) is 0 Å². The van der Waals surface area contributed by atoms with E-state index in [4.69, 9.17) is 10.5 Å². The smallest absolute Gasteiger partial charge is 0.126 e. The lowest BCUT2D eigenvalue weighted by Crippen LogP contribution is -2.18. The Hall–Kier alpha value is -1.13. The summed E-state index contributed by atoms with van der Waals surface area (Å²) in [5.41, 5.74) is 7.63. The van der Waals surface area contributed by atoms with Crippen molar-refractivity contribution in [3.05, 3.63) is 23.4 Å². The van der Waals surface area contributed by atoms with Gasteiger partial charge in [-0.3, -0.25) is 0 Å². The highest BCUT2D eigenvalue weighted by Gasteiger charge is 2.02. The normalized spacial score (nSPS) is 12.5. The lowest BCUT2D eigenvalue weighted by atomic mass is 10.2. The minimum Gasteiger partial charge on any atom is -0.380 e. The summed E-state index contributed by atoms with van der Waals surface area (Å²) in [7, 11) is 1.70. The molecular formula is C11H19N3O. The standard InChI is InChI=1S/C11H19N3O/c1-8(15-3)7-13-11-5-4-10(6-12)9(2)14-11/h4-5,8H,6-7,12H2,1-3H3,(H,13,14). The molecule has 3 N–H and O–H groups in total. The van der Waals surface area contributed by atoms with Gasteiger partial charge in [-0.1, -0.05) is 6.07 Å². The Kier molecular flexibility index (Phi) is 4.52. The maximum Gasteiger partial charge on any atom is 0.126 e. The second-order valence-electron chi connectivity index (χ2n) is 3.57. The number of pyridine rings is 1. The molecule has 0 bridgehead atoms. The molecule has 0 saturated heterocycles. The Morgan fingerprint density at radius 3 is 2.80 bits per heavy atom. The first-order valence-corrected chi connectivity index (χ1v) is 5.10. The van der Waals surface area contributed by atoms with Gasteiger partial charge in [0.1, 0.15) is 5.82 Å². The molecule has 0 aliphatic heterocycles. The first-order valence-electron chi connectivity index (χ1n) is 5.10. The van der Waals surface area contributed by atoms with Crippen molar-refractivity contribution in [1.29, 1.82) is 0 Å². The molecule has 0 spiro atoms. The minimum atomic E-state index is 0.182. The van der Waals surface area contributed by atoms with Crippen LogP contribution in [0.3, 0.4) is 0 Å². The van der Waals surface area contributed by atoms with E-state index in [1.54, 1.807) is 7.11 Å². The summed E-state index contributed by atoms with van der Waals surface area (Å²) in [6.45, 7) is 5.26. The highest BCUT2D eigenvalue weighted by atomic mass is 16.5. The largest absolute Gasteiger partial charge is 0.380 e. The van der Waals surface area contributed by atoms with Crippen LogP contribution in [0.5, 0.6) is 0 Å². The van der Waals surface area contributed by atoms with Crippen molar-refractivity contribution in [2.75, 3.05) is 19.0 Å². The van der Waals surface area contributed by atoms with Crippen molar-refractivity contribution in [3.8, 4) is 0 Å². The lowest BCUT2D eigenvalue weighted by molar-refractivity contribution is 0.128. The molecule has 0 saturated carbocycles. The molecule has 0 aromatic carbocycles. The van der Waals surface area contributed by atoms with E-state index in [0.717, 1.165) is 23.6 Å². The second kappa shape index (κ2) is 5.68. The SMILES string of the molecule is COC(C)CNc1ccc(CN)c(C)n1. The molecule has 4 heteroatoms. The topological polar surface area (TPSA) is 60.2 Å². The third-order valence-electron chi connectivity index (χ3n) is 2.39. The molecule has 15 heavy (non-hydrogen) atoms. The van der Waals surface area contributed by atoms with Gasteiger partial charge < -0.3 is 15.8 Å². The molecule has 1 aromatic rings. The number of nitrogens with two attached hydrogens (primary N) is 1. The molecule has 84 valence electrons. The molecule has 1 aromatic heterocycles. The number of aromatic nitrogens is 1. The molecule has 1 atom stereocenters. The van der Waals surface area contributed by atoms with Crippen LogP contribution in [0.15, 0.2) is 12.1 Å². The number of anilines is 1. The minimum absolute atomic E-state index is 0.182. The third kappa shape index (κ3) is 3.49. The summed E-state index contributed by atoms with van der Waals surface area (Å²) in [5, 5.41) is 3.21. The first-order chi connectivity index (χ1) is 7.17. The summed E-state index contributed by atoms with van der Waals surface area (Å²) in [4.78, 5) is 4.40. The first kappa shape index (κ1) is 11.9. The molecule has 0 fully saturated rings. The fourth-order valence-corrected chi connectivity index (χ4v) is 1.24. The summed E-state index contributed by atoms with van der Waals surface area (Å²) < 4.78 is 5.14.